The molecule has 1 atom stereocenters. The number of nitrogens with one attached hydrogen (secondary N) is 2. The highest BCUT2D eigenvalue weighted by molar-refractivity contribution is 5.90. The van der Waals surface area contributed by atoms with E-state index in [0.717, 1.165) is 31.2 Å². The molecule has 0 radical (unpaired) electrons. The number of rotatable bonds is 6. The Bertz CT molecular complexity index is 594. The van der Waals surface area contributed by atoms with E-state index in [4.69, 9.17) is 5.21 Å². The number of hydroxylamine groups is 1. The fraction of sp³-hybridized carbons (Fsp3) is 0.611. The van der Waals surface area contributed by atoms with Gasteiger partial charge in [0.2, 0.25) is 0 Å². The second kappa shape index (κ2) is 12.1. The van der Waals surface area contributed by atoms with Gasteiger partial charge in [-0.25, -0.2) is 10.5 Å². The van der Waals surface area contributed by atoms with Crippen molar-refractivity contribution in [2.75, 3.05) is 25.0 Å². The van der Waals surface area contributed by atoms with Crippen LogP contribution in [-0.2, 0) is 4.79 Å². The van der Waals surface area contributed by atoms with Crippen LogP contribution in [0.25, 0.3) is 6.08 Å². The summed E-state index contributed by atoms with van der Waals surface area (Å²) in [4.78, 5) is 22.1. The number of hydrogen-bond donors (Lipinski definition) is 3. The van der Waals surface area contributed by atoms with E-state index in [0.29, 0.717) is 11.7 Å². The Labute approximate surface area is 172 Å². The van der Waals surface area contributed by atoms with Gasteiger partial charge in [0.05, 0.1) is 18.1 Å². The van der Waals surface area contributed by atoms with Gasteiger partial charge in [-0.1, -0.05) is 19.3 Å². The van der Waals surface area contributed by atoms with Gasteiger partial charge in [0, 0.05) is 31.8 Å². The summed E-state index contributed by atoms with van der Waals surface area (Å²) in [5, 5.41) is 11.9. The summed E-state index contributed by atoms with van der Waals surface area (Å²) >= 11 is 0. The van der Waals surface area contributed by atoms with Crippen LogP contribution in [0.5, 0.6) is 0 Å². The minimum Gasteiger partial charge on any atom is -0.365 e. The largest absolute Gasteiger partial charge is 0.365 e. The van der Waals surface area contributed by atoms with E-state index in [1.165, 1.54) is 56.3 Å². The summed E-state index contributed by atoms with van der Waals surface area (Å²) < 4.78 is 0. The van der Waals surface area contributed by atoms with Crippen LogP contribution in [0, 0.1) is 5.92 Å². The van der Waals surface area contributed by atoms with Gasteiger partial charge in [0.25, 0.3) is 5.91 Å². The molecule has 3 N–H and O–H groups in total. The molecule has 1 aliphatic carbocycles. The van der Waals surface area contributed by atoms with Crippen LogP contribution in [0.15, 0.2) is 18.5 Å². The number of carbonyl (C=O) groups excluding carboxylic acids is 1. The minimum absolute atomic E-state index is 0. The zero-order valence-corrected chi connectivity index (χ0v) is 17.0. The van der Waals surface area contributed by atoms with Crippen LogP contribution in [0.4, 0.5) is 5.82 Å². The van der Waals surface area contributed by atoms with Crippen molar-refractivity contribution in [3.8, 4) is 0 Å². The maximum Gasteiger partial charge on any atom is 0.267 e. The van der Waals surface area contributed by atoms with Crippen molar-refractivity contribution in [3.05, 3.63) is 24.2 Å². The molecule has 1 saturated heterocycles. The molecular weight excluding hydrogens is 389 g/mol. The van der Waals surface area contributed by atoms with Crippen LogP contribution in [-0.4, -0.2) is 51.7 Å². The van der Waals surface area contributed by atoms with Crippen molar-refractivity contribution in [3.63, 3.8) is 0 Å². The average molecular weight is 418 g/mol. The Morgan fingerprint density at radius 1 is 1.19 bits per heavy atom. The monoisotopic (exact) mass is 417 g/mol. The molecule has 27 heavy (non-hydrogen) atoms. The predicted molar refractivity (Wildman–Crippen MR) is 111 cm³/mol. The van der Waals surface area contributed by atoms with E-state index in [1.807, 2.05) is 0 Å². The summed E-state index contributed by atoms with van der Waals surface area (Å²) in [6.45, 7) is 3.45. The summed E-state index contributed by atoms with van der Waals surface area (Å²) in [5.41, 5.74) is 2.11. The molecule has 1 saturated carbocycles. The van der Waals surface area contributed by atoms with Gasteiger partial charge in [-0.3, -0.25) is 15.0 Å². The minimum atomic E-state index is -0.590. The van der Waals surface area contributed by atoms with E-state index in [9.17, 15) is 4.79 Å². The lowest BCUT2D eigenvalue weighted by Gasteiger charge is -2.26. The first-order chi connectivity index (χ1) is 12.2. The number of aromatic nitrogens is 2. The van der Waals surface area contributed by atoms with E-state index in [-0.39, 0.29) is 24.8 Å². The number of anilines is 1. The molecule has 152 valence electrons. The first-order valence-corrected chi connectivity index (χ1v) is 9.16. The fourth-order valence-corrected chi connectivity index (χ4v) is 3.76. The number of amides is 1. The van der Waals surface area contributed by atoms with Crippen molar-refractivity contribution in [2.24, 2.45) is 5.92 Å². The molecule has 1 amide bonds. The first kappa shape index (κ1) is 23.6. The van der Waals surface area contributed by atoms with Crippen LogP contribution in [0.2, 0.25) is 0 Å². The normalized spacial score (nSPS) is 20.7. The topological polar surface area (TPSA) is 90.4 Å². The van der Waals surface area contributed by atoms with Gasteiger partial charge < -0.3 is 10.2 Å². The molecule has 0 spiro atoms. The van der Waals surface area contributed by atoms with Crippen LogP contribution in [0.1, 0.15) is 44.2 Å². The number of carbonyl (C=O) groups is 1. The molecule has 0 unspecified atom stereocenters. The predicted octanol–water partition coefficient (Wildman–Crippen LogP) is 2.91. The van der Waals surface area contributed by atoms with Gasteiger partial charge in [-0.05, 0) is 31.3 Å². The number of likely N-dealkylation sites (tertiary alicyclic amines) is 1. The third-order valence-electron chi connectivity index (χ3n) is 5.05. The molecule has 7 nitrogen and oxygen atoms in total. The molecule has 1 aromatic rings. The zero-order valence-electron chi connectivity index (χ0n) is 15.3. The first-order valence-electron chi connectivity index (χ1n) is 9.16. The van der Waals surface area contributed by atoms with Crippen molar-refractivity contribution in [1.82, 2.24) is 20.3 Å². The van der Waals surface area contributed by atoms with Gasteiger partial charge in [-0.2, -0.15) is 0 Å². The standard InChI is InChI=1S/C18H27N5O2.2ClH/c24-18(22-25)7-6-15-10-20-17(11-19-15)21-16-8-9-23(13-16)12-14-4-2-1-3-5-14;;/h6-7,10-11,14,16,25H,1-5,8-9,12-13H2,(H,20,21)(H,22,24);2*1H/b7-6+;;/t16-;;/m1../s1. The molecule has 9 heteroatoms. The second-order valence-corrected chi connectivity index (χ2v) is 7.03. The number of nitrogens with zero attached hydrogens (tertiary/aromatic N) is 3. The molecule has 2 fully saturated rings. The van der Waals surface area contributed by atoms with Gasteiger partial charge in [0.15, 0.2) is 0 Å². The fourth-order valence-electron chi connectivity index (χ4n) is 3.76. The molecule has 0 bridgehead atoms. The molecule has 2 aliphatic rings. The molecule has 1 aliphatic heterocycles. The Morgan fingerprint density at radius 3 is 2.63 bits per heavy atom. The quantitative estimate of drug-likeness (QED) is 0.374. The second-order valence-electron chi connectivity index (χ2n) is 7.03. The lowest BCUT2D eigenvalue weighted by molar-refractivity contribution is -0.124. The third kappa shape index (κ3) is 7.62. The lowest BCUT2D eigenvalue weighted by Crippen LogP contribution is -2.31. The van der Waals surface area contributed by atoms with Crippen molar-refractivity contribution in [2.45, 2.75) is 44.6 Å². The highest BCUT2D eigenvalue weighted by Crippen LogP contribution is 2.26. The summed E-state index contributed by atoms with van der Waals surface area (Å²) in [7, 11) is 0. The Kier molecular flexibility index (Phi) is 10.6. The Morgan fingerprint density at radius 2 is 1.96 bits per heavy atom. The van der Waals surface area contributed by atoms with E-state index >= 15 is 0 Å². The molecule has 2 heterocycles. The molecule has 3 rings (SSSR count). The molecule has 1 aromatic heterocycles. The Balaban J connectivity index is 0.00000182. The lowest BCUT2D eigenvalue weighted by atomic mass is 9.89. The SMILES string of the molecule is Cl.Cl.O=C(/C=C/c1cnc(N[C@@H]2CCN(CC3CCCCC3)C2)cn1)NO. The number of halogens is 2. The van der Waals surface area contributed by atoms with E-state index in [1.54, 1.807) is 12.4 Å². The van der Waals surface area contributed by atoms with E-state index in [2.05, 4.69) is 20.2 Å². The summed E-state index contributed by atoms with van der Waals surface area (Å²) in [5.74, 6) is 1.05. The Hall–Kier alpha value is -1.41. The van der Waals surface area contributed by atoms with Crippen LogP contribution >= 0.6 is 24.8 Å². The maximum atomic E-state index is 10.9. The summed E-state index contributed by atoms with van der Waals surface area (Å²) in [6.07, 6.45) is 14.1. The van der Waals surface area contributed by atoms with Gasteiger partial charge >= 0.3 is 0 Å². The van der Waals surface area contributed by atoms with Crippen molar-refractivity contribution in [1.29, 1.82) is 0 Å². The molecule has 0 aromatic carbocycles. The van der Waals surface area contributed by atoms with Crippen LogP contribution in [0.3, 0.4) is 0 Å². The third-order valence-corrected chi connectivity index (χ3v) is 5.05. The highest BCUT2D eigenvalue weighted by atomic mass is 35.5. The highest BCUT2D eigenvalue weighted by Gasteiger charge is 2.25. The average Bonchev–Trinajstić information content (AvgIpc) is 3.08. The molecular formula is C18H29Cl2N5O2. The van der Waals surface area contributed by atoms with Gasteiger partial charge in [0.1, 0.15) is 5.82 Å². The van der Waals surface area contributed by atoms with Crippen molar-refractivity contribution < 1.29 is 10.0 Å². The number of hydrogen-bond acceptors (Lipinski definition) is 6. The van der Waals surface area contributed by atoms with Crippen LogP contribution < -0.4 is 10.8 Å². The van der Waals surface area contributed by atoms with Gasteiger partial charge in [-0.15, -0.1) is 24.8 Å². The van der Waals surface area contributed by atoms with E-state index < -0.39 is 5.91 Å². The zero-order chi connectivity index (χ0) is 17.5. The maximum absolute atomic E-state index is 10.9. The van der Waals surface area contributed by atoms with Crippen molar-refractivity contribution >= 4 is 42.6 Å². The smallest absolute Gasteiger partial charge is 0.267 e. The summed E-state index contributed by atoms with van der Waals surface area (Å²) in [6, 6.07) is 0.416.